The molecule has 0 aliphatic carbocycles. The number of esters is 3. The number of anilines is 4. The lowest BCUT2D eigenvalue weighted by Crippen LogP contribution is -2.99. The zero-order valence-electron chi connectivity index (χ0n) is 53.3. The van der Waals surface area contributed by atoms with Crippen molar-refractivity contribution < 1.29 is 61.5 Å². The summed E-state index contributed by atoms with van der Waals surface area (Å²) in [5.41, 5.74) is 8.71. The van der Waals surface area contributed by atoms with Crippen LogP contribution >= 0.6 is 0 Å². The molecule has 14 nitrogen and oxygen atoms in total. The molecule has 2 aliphatic rings. The number of amides is 2. The fourth-order valence-electron chi connectivity index (χ4n) is 12.9. The number of aryl methyl sites for hydroxylation is 1. The Morgan fingerprint density at radius 1 is 0.611 bits per heavy atom. The van der Waals surface area contributed by atoms with Gasteiger partial charge < -0.3 is 46.9 Å². The van der Waals surface area contributed by atoms with Crippen LogP contribution < -0.4 is 29.2 Å². The molecule has 0 bridgehead atoms. The lowest BCUT2D eigenvalue weighted by molar-refractivity contribution is -0.497. The number of carbonyl (C=O) groups is 5. The summed E-state index contributed by atoms with van der Waals surface area (Å²) >= 11 is 0. The van der Waals surface area contributed by atoms with Gasteiger partial charge in [-0.1, -0.05) is 146 Å². The number of aromatic nitrogens is 1. The molecular weight excluding hydrogens is 1200 g/mol. The SMILES string of the molecule is C=C(C)/C(C(=O)OCc1ccccc1)=C(/C)C1=C(c2c(OC)cc(OC(=O)CCCc3ccc(N4C(=O)c5cccc6c(-c7ccc(N(c8ccccc8)c8ccccc8)cc7)ccc(c56)C4=O)cc3)cc2OC)c2c(C)c(C(=O)OCc3ccccc3)c(C)n2[B-](F)(F)[NH2+]1. The molecule has 17 heteroatoms. The summed E-state index contributed by atoms with van der Waals surface area (Å²) < 4.78 is 65.0. The summed E-state index contributed by atoms with van der Waals surface area (Å²) in [5, 5.41) is 2.17. The topological polar surface area (TPSA) is 160 Å². The van der Waals surface area contributed by atoms with E-state index in [0.717, 1.165) is 48.8 Å². The summed E-state index contributed by atoms with van der Waals surface area (Å²) in [5.74, 6) is -2.99. The number of allylic oxidation sites excluding steroid dienone is 1. The van der Waals surface area contributed by atoms with Crippen molar-refractivity contribution in [2.75, 3.05) is 24.0 Å². The van der Waals surface area contributed by atoms with Crippen LogP contribution in [-0.4, -0.2) is 55.4 Å². The predicted molar refractivity (Wildman–Crippen MR) is 364 cm³/mol. The van der Waals surface area contributed by atoms with E-state index in [1.54, 1.807) is 86.6 Å². The van der Waals surface area contributed by atoms with E-state index in [-0.39, 0.29) is 93.0 Å². The number of halogens is 2. The number of hydrogen-bond donors (Lipinski definition) is 1. The molecule has 0 fully saturated rings. The second-order valence-electron chi connectivity index (χ2n) is 23.4. The number of methoxy groups -OCH3 is 2. The first-order chi connectivity index (χ1) is 46.0. The van der Waals surface area contributed by atoms with Crippen LogP contribution in [0.1, 0.15) is 97.0 Å². The van der Waals surface area contributed by atoms with E-state index >= 15 is 8.63 Å². The first kappa shape index (κ1) is 63.7. The highest BCUT2D eigenvalue weighted by molar-refractivity contribution is 6.56. The van der Waals surface area contributed by atoms with Crippen molar-refractivity contribution in [1.29, 1.82) is 0 Å². The van der Waals surface area contributed by atoms with Crippen LogP contribution in [0.5, 0.6) is 17.2 Å². The van der Waals surface area contributed by atoms with Crippen LogP contribution in [0.15, 0.2) is 241 Å². The van der Waals surface area contributed by atoms with Gasteiger partial charge in [0.15, 0.2) is 0 Å². The molecule has 12 rings (SSSR count). The number of para-hydroxylation sites is 2. The molecule has 1 aromatic heterocycles. The minimum Gasteiger partial charge on any atom is -0.496 e. The van der Waals surface area contributed by atoms with E-state index < -0.39 is 36.7 Å². The Hall–Kier alpha value is -11.4. The van der Waals surface area contributed by atoms with Crippen molar-refractivity contribution in [3.8, 4) is 28.4 Å². The Labute approximate surface area is 549 Å². The first-order valence-electron chi connectivity index (χ1n) is 31.1. The summed E-state index contributed by atoms with van der Waals surface area (Å²) in [6.07, 6.45) is 0.752. The summed E-state index contributed by atoms with van der Waals surface area (Å²) in [4.78, 5) is 74.3. The number of nitrogens with zero attached hydrogens (tertiary/aromatic N) is 3. The van der Waals surface area contributed by atoms with Gasteiger partial charge in [0.1, 0.15) is 36.2 Å². The Morgan fingerprint density at radius 3 is 1.72 bits per heavy atom. The van der Waals surface area contributed by atoms with Crippen LogP contribution in [0.2, 0.25) is 0 Å². The monoisotopic (exact) mass is 1270 g/mol. The fourth-order valence-corrected chi connectivity index (χ4v) is 12.9. The maximum atomic E-state index is 17.3. The highest BCUT2D eigenvalue weighted by Crippen LogP contribution is 2.48. The fraction of sp³-hybridized carbons (Fsp3) is 0.141. The third kappa shape index (κ3) is 12.6. The van der Waals surface area contributed by atoms with Gasteiger partial charge >= 0.3 is 24.9 Å². The number of fused-ring (bicyclic) bond motifs is 1. The molecule has 0 saturated heterocycles. The number of rotatable bonds is 21. The average molecular weight is 1270 g/mol. The van der Waals surface area contributed by atoms with E-state index in [1.165, 1.54) is 45.1 Å². The predicted octanol–water partition coefficient (Wildman–Crippen LogP) is 15.7. The van der Waals surface area contributed by atoms with E-state index in [0.29, 0.717) is 46.2 Å². The number of benzene rings is 9. The van der Waals surface area contributed by atoms with Gasteiger partial charge in [0, 0.05) is 63.4 Å². The Balaban J connectivity index is 0.778. The Kier molecular flexibility index (Phi) is 18.1. The molecule has 2 N–H and O–H groups in total. The third-order valence-electron chi connectivity index (χ3n) is 17.3. The number of quaternary nitrogens is 1. The zero-order valence-corrected chi connectivity index (χ0v) is 53.3. The molecule has 0 radical (unpaired) electrons. The number of ether oxygens (including phenoxy) is 5. The highest BCUT2D eigenvalue weighted by Gasteiger charge is 2.49. The van der Waals surface area contributed by atoms with Crippen molar-refractivity contribution in [1.82, 2.24) is 4.48 Å². The van der Waals surface area contributed by atoms with Crippen molar-refractivity contribution in [3.63, 3.8) is 0 Å². The Bertz CT molecular complexity index is 4640. The largest absolute Gasteiger partial charge is 0.662 e. The average Bonchev–Trinajstić information content (AvgIpc) is 1.66. The molecule has 3 heterocycles. The highest BCUT2D eigenvalue weighted by atomic mass is 19.2. The van der Waals surface area contributed by atoms with Gasteiger partial charge in [-0.05, 0) is 151 Å². The molecule has 0 unspecified atom stereocenters. The van der Waals surface area contributed by atoms with Crippen LogP contribution in [0.3, 0.4) is 0 Å². The lowest BCUT2D eigenvalue weighted by Gasteiger charge is -2.35. The van der Waals surface area contributed by atoms with E-state index in [2.05, 4.69) is 60.0 Å². The van der Waals surface area contributed by atoms with E-state index in [9.17, 15) is 24.0 Å². The van der Waals surface area contributed by atoms with Gasteiger partial charge in [-0.3, -0.25) is 14.4 Å². The second-order valence-corrected chi connectivity index (χ2v) is 23.4. The van der Waals surface area contributed by atoms with Crippen LogP contribution in [0.4, 0.5) is 31.4 Å². The maximum Gasteiger partial charge on any atom is 0.662 e. The normalized spacial score (nSPS) is 13.4. The van der Waals surface area contributed by atoms with Crippen molar-refractivity contribution >= 4 is 75.8 Å². The summed E-state index contributed by atoms with van der Waals surface area (Å²) in [6, 6.07) is 65.8. The summed E-state index contributed by atoms with van der Waals surface area (Å²) in [6.45, 7) is 5.28. The number of carbonyl (C=O) groups excluding carboxylic acids is 5. The lowest BCUT2D eigenvalue weighted by atomic mass is 9.82. The van der Waals surface area contributed by atoms with Crippen molar-refractivity contribution in [2.24, 2.45) is 0 Å². The number of imide groups is 1. The quantitative estimate of drug-likeness (QED) is 0.0182. The molecule has 2 amide bonds. The van der Waals surface area contributed by atoms with Crippen LogP contribution in [-0.2, 0) is 38.7 Å². The van der Waals surface area contributed by atoms with Gasteiger partial charge in [0.05, 0.1) is 42.2 Å². The number of nitrogens with two attached hydrogens (primary N) is 1. The minimum absolute atomic E-state index is 0.0225. The molecule has 95 heavy (non-hydrogen) atoms. The maximum absolute atomic E-state index is 17.3. The molecule has 0 saturated carbocycles. The second kappa shape index (κ2) is 27.0. The van der Waals surface area contributed by atoms with E-state index in [4.69, 9.17) is 23.7 Å². The van der Waals surface area contributed by atoms with Gasteiger partial charge in [0.25, 0.3) is 11.8 Å². The third-order valence-corrected chi connectivity index (χ3v) is 17.3. The Morgan fingerprint density at radius 2 is 1.15 bits per heavy atom. The van der Waals surface area contributed by atoms with E-state index in [1.807, 2.05) is 78.9 Å². The molecule has 10 aromatic rings. The van der Waals surface area contributed by atoms with Gasteiger partial charge in [-0.15, -0.1) is 0 Å². The minimum atomic E-state index is -4.67. The van der Waals surface area contributed by atoms with Gasteiger partial charge in [0.2, 0.25) is 0 Å². The number of hydrogen-bond acceptors (Lipinski definition) is 11. The molecule has 2 aliphatic heterocycles. The van der Waals surface area contributed by atoms with Crippen LogP contribution in [0.25, 0.3) is 27.5 Å². The standard InChI is InChI=1S/C78H67BF2N4O10/c1-48(2)68(77(89)93-46-53-22-12-8-13-23-53)49(3)73-72(74-50(4)69(51(5)85(74)79(80,81)82-73)78(90)94-47-54-24-14-9-15-25-54)71-65(91-6)44-60(45-66(71)92-7)95-67(86)33-20-26-52-34-38-59(39-35-52)84-75(87)63-32-21-31-62-61(42-43-64(70(62)63)76(84)88)55-36-40-58(41-37-55)83(56-27-16-10-17-28-56)57-29-18-11-19-30-57/h8-19,21-25,27-32,34-45H,1,20,26,33,46-47,82H2,2-7H3/b68-49+. The molecule has 0 atom stereocenters. The summed E-state index contributed by atoms with van der Waals surface area (Å²) in [7, 11) is 2.74. The van der Waals surface area contributed by atoms with Crippen molar-refractivity contribution in [2.45, 2.75) is 60.2 Å². The van der Waals surface area contributed by atoms with Gasteiger partial charge in [-0.2, -0.15) is 0 Å². The zero-order chi connectivity index (χ0) is 66.7. The molecule has 0 spiro atoms. The molecular formula is C78H67BF2N4O10. The van der Waals surface area contributed by atoms with Gasteiger partial charge in [-0.25, -0.2) is 14.5 Å². The first-order valence-corrected chi connectivity index (χ1v) is 31.1. The molecule has 476 valence electrons. The smallest absolute Gasteiger partial charge is 0.496 e. The molecule has 9 aromatic carbocycles. The van der Waals surface area contributed by atoms with Crippen LogP contribution in [0, 0.1) is 13.8 Å². The van der Waals surface area contributed by atoms with Crippen molar-refractivity contribution in [3.05, 3.63) is 297 Å².